The van der Waals surface area contributed by atoms with Crippen LogP contribution in [-0.4, -0.2) is 36.1 Å². The number of aromatic nitrogens is 3. The van der Waals surface area contributed by atoms with Crippen molar-refractivity contribution in [1.82, 2.24) is 14.8 Å². The zero-order valence-corrected chi connectivity index (χ0v) is 19.3. The Kier molecular flexibility index (Phi) is 6.66. The van der Waals surface area contributed by atoms with Crippen LogP contribution in [0.3, 0.4) is 0 Å². The van der Waals surface area contributed by atoms with Gasteiger partial charge in [0, 0.05) is 23.1 Å². The highest BCUT2D eigenvalue weighted by Gasteiger charge is 2.18. The Morgan fingerprint density at radius 1 is 0.781 bits per heavy atom. The summed E-state index contributed by atoms with van der Waals surface area (Å²) < 4.78 is 18.3. The molecule has 0 saturated heterocycles. The van der Waals surface area contributed by atoms with Crippen molar-refractivity contribution in [1.29, 1.82) is 0 Å². The summed E-state index contributed by atoms with van der Waals surface area (Å²) in [4.78, 5) is 0. The van der Waals surface area contributed by atoms with E-state index >= 15 is 0 Å². The minimum Gasteiger partial charge on any atom is -0.497 e. The number of ether oxygens (including phenoxy) is 3. The zero-order valence-electron chi connectivity index (χ0n) is 18.5. The standard InChI is InChI=1S/C25H25N3O3S/c1-17-8-10-20(11-9-17)28-24(19-13-22(30-3)15-23(14-19)31-4)26-27-25(28)32-16-18-6-5-7-21(12-18)29-2/h5-15H,16H2,1-4H3. The summed E-state index contributed by atoms with van der Waals surface area (Å²) in [5.74, 6) is 3.70. The van der Waals surface area contributed by atoms with Gasteiger partial charge in [0.25, 0.3) is 0 Å². The van der Waals surface area contributed by atoms with E-state index in [1.54, 1.807) is 33.1 Å². The van der Waals surface area contributed by atoms with Gasteiger partial charge < -0.3 is 14.2 Å². The molecule has 6 nitrogen and oxygen atoms in total. The average Bonchev–Trinajstić information content (AvgIpc) is 3.27. The minimum atomic E-state index is 0.698. The average molecular weight is 448 g/mol. The van der Waals surface area contributed by atoms with Gasteiger partial charge >= 0.3 is 0 Å². The van der Waals surface area contributed by atoms with Crippen LogP contribution in [0.4, 0.5) is 0 Å². The maximum absolute atomic E-state index is 5.46. The van der Waals surface area contributed by atoms with Crippen molar-refractivity contribution in [2.75, 3.05) is 21.3 Å². The van der Waals surface area contributed by atoms with E-state index in [1.165, 1.54) is 5.56 Å². The van der Waals surface area contributed by atoms with Gasteiger partial charge in [-0.05, 0) is 48.9 Å². The van der Waals surface area contributed by atoms with Crippen LogP contribution in [0.5, 0.6) is 17.2 Å². The van der Waals surface area contributed by atoms with E-state index in [-0.39, 0.29) is 0 Å². The third kappa shape index (κ3) is 4.73. The van der Waals surface area contributed by atoms with Crippen molar-refractivity contribution >= 4 is 11.8 Å². The molecule has 32 heavy (non-hydrogen) atoms. The fourth-order valence-corrected chi connectivity index (χ4v) is 4.22. The third-order valence-corrected chi connectivity index (χ3v) is 6.04. The van der Waals surface area contributed by atoms with Gasteiger partial charge in [0.15, 0.2) is 11.0 Å². The van der Waals surface area contributed by atoms with Gasteiger partial charge in [0.1, 0.15) is 17.2 Å². The van der Waals surface area contributed by atoms with Crippen molar-refractivity contribution in [3.63, 3.8) is 0 Å². The first kappa shape index (κ1) is 21.8. The van der Waals surface area contributed by atoms with Crippen LogP contribution < -0.4 is 14.2 Å². The number of methoxy groups -OCH3 is 3. The highest BCUT2D eigenvalue weighted by atomic mass is 32.2. The second-order valence-electron chi connectivity index (χ2n) is 7.22. The predicted molar refractivity (Wildman–Crippen MR) is 127 cm³/mol. The van der Waals surface area contributed by atoms with E-state index in [1.807, 2.05) is 36.4 Å². The lowest BCUT2D eigenvalue weighted by Crippen LogP contribution is -2.00. The number of hydrogen-bond donors (Lipinski definition) is 0. The van der Waals surface area contributed by atoms with Gasteiger partial charge in [-0.25, -0.2) is 0 Å². The Morgan fingerprint density at radius 3 is 2.12 bits per heavy atom. The first-order chi connectivity index (χ1) is 15.6. The van der Waals surface area contributed by atoms with Crippen molar-refractivity contribution < 1.29 is 14.2 Å². The molecule has 7 heteroatoms. The van der Waals surface area contributed by atoms with Crippen LogP contribution in [0.2, 0.25) is 0 Å². The maximum Gasteiger partial charge on any atom is 0.196 e. The van der Waals surface area contributed by atoms with Crippen LogP contribution in [0.1, 0.15) is 11.1 Å². The van der Waals surface area contributed by atoms with Crippen LogP contribution in [0.15, 0.2) is 71.9 Å². The van der Waals surface area contributed by atoms with E-state index < -0.39 is 0 Å². The van der Waals surface area contributed by atoms with Crippen LogP contribution in [-0.2, 0) is 5.75 Å². The van der Waals surface area contributed by atoms with Crippen molar-refractivity contribution in [2.24, 2.45) is 0 Å². The Bertz CT molecular complexity index is 1180. The van der Waals surface area contributed by atoms with Gasteiger partial charge in [-0.15, -0.1) is 10.2 Å². The molecular weight excluding hydrogens is 422 g/mol. The summed E-state index contributed by atoms with van der Waals surface area (Å²) >= 11 is 1.63. The van der Waals surface area contributed by atoms with Crippen LogP contribution in [0, 0.1) is 6.92 Å². The number of hydrogen-bond acceptors (Lipinski definition) is 6. The van der Waals surface area contributed by atoms with E-state index in [4.69, 9.17) is 14.2 Å². The maximum atomic E-state index is 5.46. The van der Waals surface area contributed by atoms with Crippen molar-refractivity contribution in [2.45, 2.75) is 17.8 Å². The smallest absolute Gasteiger partial charge is 0.196 e. The summed E-state index contributed by atoms with van der Waals surface area (Å²) in [7, 11) is 4.95. The van der Waals surface area contributed by atoms with Crippen LogP contribution >= 0.6 is 11.8 Å². The molecule has 0 atom stereocenters. The summed E-state index contributed by atoms with van der Waals surface area (Å²) in [6.45, 7) is 2.07. The number of aryl methyl sites for hydroxylation is 1. The molecule has 0 aliphatic carbocycles. The molecule has 0 fully saturated rings. The first-order valence-electron chi connectivity index (χ1n) is 10.1. The van der Waals surface area contributed by atoms with E-state index in [0.717, 1.165) is 39.3 Å². The molecule has 0 bridgehead atoms. The SMILES string of the molecule is COc1cccc(CSc2nnc(-c3cc(OC)cc(OC)c3)n2-c2ccc(C)cc2)c1. The lowest BCUT2D eigenvalue weighted by atomic mass is 10.1. The summed E-state index contributed by atoms with van der Waals surface area (Å²) in [6.07, 6.45) is 0. The molecule has 0 amide bonds. The fourth-order valence-electron chi connectivity index (χ4n) is 3.32. The molecule has 4 rings (SSSR count). The topological polar surface area (TPSA) is 58.4 Å². The molecule has 1 heterocycles. The Hall–Kier alpha value is -3.45. The van der Waals surface area contributed by atoms with Gasteiger partial charge in [0.05, 0.1) is 21.3 Å². The third-order valence-electron chi connectivity index (χ3n) is 5.04. The van der Waals surface area contributed by atoms with Crippen molar-refractivity contribution in [3.8, 4) is 34.3 Å². The Balaban J connectivity index is 1.76. The molecule has 0 saturated carbocycles. The molecule has 1 aromatic heterocycles. The molecule has 0 N–H and O–H groups in total. The largest absolute Gasteiger partial charge is 0.497 e. The molecule has 0 radical (unpaired) electrons. The highest BCUT2D eigenvalue weighted by Crippen LogP contribution is 2.34. The monoisotopic (exact) mass is 447 g/mol. The second-order valence-corrected chi connectivity index (χ2v) is 8.16. The molecule has 3 aromatic carbocycles. The van der Waals surface area contributed by atoms with E-state index in [9.17, 15) is 0 Å². The molecular formula is C25H25N3O3S. The predicted octanol–water partition coefficient (Wildman–Crippen LogP) is 5.56. The van der Waals surface area contributed by atoms with Crippen molar-refractivity contribution in [3.05, 3.63) is 77.9 Å². The van der Waals surface area contributed by atoms with Crippen LogP contribution in [0.25, 0.3) is 17.1 Å². The lowest BCUT2D eigenvalue weighted by Gasteiger charge is -2.13. The molecule has 0 spiro atoms. The molecule has 0 aliphatic rings. The number of thioether (sulfide) groups is 1. The van der Waals surface area contributed by atoms with Gasteiger partial charge in [-0.1, -0.05) is 41.6 Å². The lowest BCUT2D eigenvalue weighted by molar-refractivity contribution is 0.394. The quantitative estimate of drug-likeness (QED) is 0.330. The van der Waals surface area contributed by atoms with Gasteiger partial charge in [0.2, 0.25) is 0 Å². The first-order valence-corrected chi connectivity index (χ1v) is 11.1. The summed E-state index contributed by atoms with van der Waals surface area (Å²) in [5, 5.41) is 9.86. The zero-order chi connectivity index (χ0) is 22.5. The van der Waals surface area contributed by atoms with Gasteiger partial charge in [-0.3, -0.25) is 4.57 Å². The summed E-state index contributed by atoms with van der Waals surface area (Å²) in [6, 6.07) is 22.1. The molecule has 164 valence electrons. The van der Waals surface area contributed by atoms with Gasteiger partial charge in [-0.2, -0.15) is 0 Å². The van der Waals surface area contributed by atoms with E-state index in [2.05, 4.69) is 52.0 Å². The second kappa shape index (κ2) is 9.78. The number of benzene rings is 3. The Morgan fingerprint density at radius 2 is 1.47 bits per heavy atom. The highest BCUT2D eigenvalue weighted by molar-refractivity contribution is 7.98. The normalized spacial score (nSPS) is 10.8. The minimum absolute atomic E-state index is 0.698. The number of nitrogens with zero attached hydrogens (tertiary/aromatic N) is 3. The number of rotatable bonds is 8. The summed E-state index contributed by atoms with van der Waals surface area (Å²) in [5.41, 5.74) is 4.20. The fraction of sp³-hybridized carbons (Fsp3) is 0.200. The Labute approximate surface area is 192 Å². The van der Waals surface area contributed by atoms with E-state index in [0.29, 0.717) is 11.5 Å². The molecule has 0 unspecified atom stereocenters. The molecule has 4 aromatic rings. The molecule has 0 aliphatic heterocycles.